The molecule has 0 spiro atoms. The number of rotatable bonds is 3. The number of nitrogen functional groups attached to an aromatic ring is 2. The van der Waals surface area contributed by atoms with Crippen molar-refractivity contribution < 1.29 is 4.39 Å². The van der Waals surface area contributed by atoms with Crippen LogP contribution >= 0.6 is 0 Å². The lowest BCUT2D eigenvalue weighted by Crippen LogP contribution is -2.06. The number of anilines is 2. The molecule has 3 aromatic heterocycles. The maximum absolute atomic E-state index is 14.1. The van der Waals surface area contributed by atoms with E-state index in [-0.39, 0.29) is 18.3 Å². The van der Waals surface area contributed by atoms with Gasteiger partial charge >= 0.3 is 0 Å². The second-order valence-corrected chi connectivity index (χ2v) is 6.01. The van der Waals surface area contributed by atoms with E-state index in [1.807, 2.05) is 19.1 Å². The van der Waals surface area contributed by atoms with E-state index in [1.165, 1.54) is 6.07 Å². The standard InChI is InChI=1S/C18H16FN7/c1-10-6-11(4-5-22-10)16-14-8-23-26(17(14)25-18(21)24-16)9-12-2-3-13(20)7-15(12)19/h2-8H,9,20H2,1H3,(H2,21,24,25). The molecule has 3 heterocycles. The highest BCUT2D eigenvalue weighted by Crippen LogP contribution is 2.27. The highest BCUT2D eigenvalue weighted by molar-refractivity contribution is 5.91. The minimum absolute atomic E-state index is 0.126. The van der Waals surface area contributed by atoms with Crippen LogP contribution in [0.4, 0.5) is 16.0 Å². The predicted octanol–water partition coefficient (Wildman–Crippen LogP) is 2.55. The van der Waals surface area contributed by atoms with Gasteiger partial charge in [-0.25, -0.2) is 14.1 Å². The first-order valence-corrected chi connectivity index (χ1v) is 7.97. The van der Waals surface area contributed by atoms with Crippen molar-refractivity contribution in [3.63, 3.8) is 0 Å². The molecule has 0 saturated carbocycles. The van der Waals surface area contributed by atoms with Crippen LogP contribution in [0, 0.1) is 12.7 Å². The van der Waals surface area contributed by atoms with Crippen molar-refractivity contribution in [2.45, 2.75) is 13.5 Å². The van der Waals surface area contributed by atoms with E-state index in [9.17, 15) is 4.39 Å². The first kappa shape index (κ1) is 15.9. The number of pyridine rings is 1. The van der Waals surface area contributed by atoms with Crippen LogP contribution in [0.15, 0.2) is 42.7 Å². The number of hydrogen-bond donors (Lipinski definition) is 2. The highest BCUT2D eigenvalue weighted by Gasteiger charge is 2.15. The molecular formula is C18H16FN7. The van der Waals surface area contributed by atoms with Crippen molar-refractivity contribution in [2.24, 2.45) is 0 Å². The van der Waals surface area contributed by atoms with Gasteiger partial charge < -0.3 is 11.5 Å². The summed E-state index contributed by atoms with van der Waals surface area (Å²) in [6, 6.07) is 8.34. The van der Waals surface area contributed by atoms with E-state index in [2.05, 4.69) is 20.1 Å². The van der Waals surface area contributed by atoms with Gasteiger partial charge in [-0.05, 0) is 31.2 Å². The van der Waals surface area contributed by atoms with Crippen LogP contribution in [0.3, 0.4) is 0 Å². The summed E-state index contributed by atoms with van der Waals surface area (Å²) in [5.74, 6) is -0.262. The fraction of sp³-hybridized carbons (Fsp3) is 0.111. The van der Waals surface area contributed by atoms with Gasteiger partial charge in [-0.2, -0.15) is 10.1 Å². The molecule has 8 heteroatoms. The molecule has 0 aliphatic carbocycles. The Labute approximate surface area is 148 Å². The lowest BCUT2D eigenvalue weighted by molar-refractivity contribution is 0.590. The Morgan fingerprint density at radius 2 is 1.96 bits per heavy atom. The molecule has 7 nitrogen and oxygen atoms in total. The number of nitrogens with two attached hydrogens (primary N) is 2. The van der Waals surface area contributed by atoms with E-state index in [0.717, 1.165) is 16.6 Å². The van der Waals surface area contributed by atoms with Crippen molar-refractivity contribution in [3.8, 4) is 11.3 Å². The minimum Gasteiger partial charge on any atom is -0.399 e. The van der Waals surface area contributed by atoms with Gasteiger partial charge in [0.05, 0.1) is 23.8 Å². The number of halogens is 1. The Bertz CT molecular complexity index is 1120. The average Bonchev–Trinajstić information content (AvgIpc) is 2.99. The van der Waals surface area contributed by atoms with Crippen LogP contribution in [-0.2, 0) is 6.54 Å². The van der Waals surface area contributed by atoms with Gasteiger partial charge in [-0.15, -0.1) is 0 Å². The fourth-order valence-corrected chi connectivity index (χ4v) is 2.85. The molecule has 0 amide bonds. The monoisotopic (exact) mass is 349 g/mol. The van der Waals surface area contributed by atoms with Gasteiger partial charge in [0.25, 0.3) is 0 Å². The lowest BCUT2D eigenvalue weighted by Gasteiger charge is -2.08. The van der Waals surface area contributed by atoms with Crippen molar-refractivity contribution >= 4 is 22.7 Å². The van der Waals surface area contributed by atoms with Crippen molar-refractivity contribution in [1.82, 2.24) is 24.7 Å². The number of fused-ring (bicyclic) bond motifs is 1. The molecule has 0 bridgehead atoms. The highest BCUT2D eigenvalue weighted by atomic mass is 19.1. The van der Waals surface area contributed by atoms with E-state index in [0.29, 0.717) is 22.6 Å². The predicted molar refractivity (Wildman–Crippen MR) is 97.6 cm³/mol. The molecule has 0 fully saturated rings. The third-order valence-electron chi connectivity index (χ3n) is 4.08. The molecule has 26 heavy (non-hydrogen) atoms. The average molecular weight is 349 g/mol. The third kappa shape index (κ3) is 2.81. The van der Waals surface area contributed by atoms with Crippen molar-refractivity contribution in [1.29, 1.82) is 0 Å². The molecule has 0 atom stereocenters. The second kappa shape index (κ2) is 6.07. The zero-order valence-corrected chi connectivity index (χ0v) is 14.0. The molecule has 0 aliphatic rings. The quantitative estimate of drug-likeness (QED) is 0.550. The summed E-state index contributed by atoms with van der Waals surface area (Å²) in [5, 5.41) is 5.09. The van der Waals surface area contributed by atoms with Gasteiger partial charge in [0.1, 0.15) is 5.82 Å². The molecule has 4 aromatic rings. The molecular weight excluding hydrogens is 333 g/mol. The fourth-order valence-electron chi connectivity index (χ4n) is 2.85. The largest absolute Gasteiger partial charge is 0.399 e. The Morgan fingerprint density at radius 3 is 2.73 bits per heavy atom. The number of hydrogen-bond acceptors (Lipinski definition) is 6. The molecule has 0 aliphatic heterocycles. The first-order valence-electron chi connectivity index (χ1n) is 7.97. The van der Waals surface area contributed by atoms with Gasteiger partial charge in [0, 0.05) is 28.7 Å². The maximum atomic E-state index is 14.1. The summed E-state index contributed by atoms with van der Waals surface area (Å²) >= 11 is 0. The lowest BCUT2D eigenvalue weighted by atomic mass is 10.1. The van der Waals surface area contributed by atoms with Gasteiger partial charge in [-0.1, -0.05) is 6.07 Å². The summed E-state index contributed by atoms with van der Waals surface area (Å²) in [7, 11) is 0. The molecule has 0 saturated heterocycles. The van der Waals surface area contributed by atoms with E-state index in [4.69, 9.17) is 11.5 Å². The summed E-state index contributed by atoms with van der Waals surface area (Å²) in [5.41, 5.74) is 15.3. The summed E-state index contributed by atoms with van der Waals surface area (Å²) in [6.45, 7) is 2.11. The summed E-state index contributed by atoms with van der Waals surface area (Å²) < 4.78 is 15.7. The van der Waals surface area contributed by atoms with Gasteiger partial charge in [-0.3, -0.25) is 4.98 Å². The van der Waals surface area contributed by atoms with Crippen LogP contribution in [0.2, 0.25) is 0 Å². The first-order chi connectivity index (χ1) is 12.5. The maximum Gasteiger partial charge on any atom is 0.222 e. The summed E-state index contributed by atoms with van der Waals surface area (Å²) in [4.78, 5) is 12.8. The number of nitrogens with zero attached hydrogens (tertiary/aromatic N) is 5. The summed E-state index contributed by atoms with van der Waals surface area (Å²) in [6.07, 6.45) is 3.37. The zero-order chi connectivity index (χ0) is 18.3. The molecule has 130 valence electrons. The second-order valence-electron chi connectivity index (χ2n) is 6.01. The van der Waals surface area contributed by atoms with Crippen LogP contribution in [0.5, 0.6) is 0 Å². The van der Waals surface area contributed by atoms with Crippen LogP contribution in [0.1, 0.15) is 11.3 Å². The van der Waals surface area contributed by atoms with Crippen LogP contribution in [-0.4, -0.2) is 24.7 Å². The van der Waals surface area contributed by atoms with E-state index in [1.54, 1.807) is 29.2 Å². The van der Waals surface area contributed by atoms with E-state index < -0.39 is 0 Å². The Kier molecular flexibility index (Phi) is 3.72. The number of aromatic nitrogens is 5. The van der Waals surface area contributed by atoms with Crippen LogP contribution in [0.25, 0.3) is 22.3 Å². The van der Waals surface area contributed by atoms with Crippen molar-refractivity contribution in [3.05, 3.63) is 59.8 Å². The molecule has 0 radical (unpaired) electrons. The van der Waals surface area contributed by atoms with Crippen LogP contribution < -0.4 is 11.5 Å². The van der Waals surface area contributed by atoms with Gasteiger partial charge in [0.2, 0.25) is 5.95 Å². The molecule has 0 unspecified atom stereocenters. The van der Waals surface area contributed by atoms with E-state index >= 15 is 0 Å². The minimum atomic E-state index is -0.388. The molecule has 1 aromatic carbocycles. The Balaban J connectivity index is 1.83. The Morgan fingerprint density at radius 1 is 1.12 bits per heavy atom. The van der Waals surface area contributed by atoms with Crippen molar-refractivity contribution in [2.75, 3.05) is 11.5 Å². The SMILES string of the molecule is Cc1cc(-c2nc(N)nc3c2cnn3Cc2ccc(N)cc2F)ccn1. The Hall–Kier alpha value is -3.55. The smallest absolute Gasteiger partial charge is 0.222 e. The van der Waals surface area contributed by atoms with Gasteiger partial charge in [0.15, 0.2) is 5.65 Å². The number of benzene rings is 1. The molecule has 4 rings (SSSR count). The topological polar surface area (TPSA) is 109 Å². The molecule has 4 N–H and O–H groups in total. The number of aryl methyl sites for hydroxylation is 1. The third-order valence-corrected chi connectivity index (χ3v) is 4.08. The normalized spacial score (nSPS) is 11.2. The zero-order valence-electron chi connectivity index (χ0n) is 14.0.